The van der Waals surface area contributed by atoms with Gasteiger partial charge in [0.25, 0.3) is 5.56 Å². The Morgan fingerprint density at radius 3 is 2.56 bits per heavy atom. The molecule has 1 aromatic heterocycles. The number of pyridine rings is 1. The van der Waals surface area contributed by atoms with Crippen molar-refractivity contribution in [1.82, 2.24) is 4.57 Å². The number of nitrogens with two attached hydrogens (primary N) is 1. The van der Waals surface area contributed by atoms with E-state index >= 15 is 0 Å². The van der Waals surface area contributed by atoms with E-state index in [2.05, 4.69) is 0 Å². The summed E-state index contributed by atoms with van der Waals surface area (Å²) in [4.78, 5) is 11.8. The van der Waals surface area contributed by atoms with Crippen LogP contribution in [0.3, 0.4) is 0 Å². The summed E-state index contributed by atoms with van der Waals surface area (Å²) in [6.45, 7) is 2.40. The van der Waals surface area contributed by atoms with E-state index in [0.717, 1.165) is 11.1 Å². The first-order valence-corrected chi connectivity index (χ1v) is 5.18. The average molecular weight is 214 g/mol. The fraction of sp³-hybridized carbons (Fsp3) is 0.154. The van der Waals surface area contributed by atoms with Crippen LogP contribution in [0.4, 0.5) is 5.69 Å². The topological polar surface area (TPSA) is 48.0 Å². The smallest absolute Gasteiger partial charge is 0.274 e. The van der Waals surface area contributed by atoms with Gasteiger partial charge < -0.3 is 10.3 Å². The largest absolute Gasteiger partial charge is 0.394 e. The van der Waals surface area contributed by atoms with Gasteiger partial charge in [-0.3, -0.25) is 4.79 Å². The normalized spacial score (nSPS) is 10.3. The van der Waals surface area contributed by atoms with Crippen molar-refractivity contribution in [2.45, 2.75) is 13.5 Å². The Morgan fingerprint density at radius 1 is 1.19 bits per heavy atom. The van der Waals surface area contributed by atoms with E-state index < -0.39 is 0 Å². The molecule has 82 valence electrons. The van der Waals surface area contributed by atoms with Crippen molar-refractivity contribution in [2.75, 3.05) is 5.73 Å². The predicted octanol–water partition coefficient (Wildman–Crippen LogP) is 1.79. The average Bonchev–Trinajstić information content (AvgIpc) is 2.31. The van der Waals surface area contributed by atoms with Crippen LogP contribution in [0.1, 0.15) is 11.1 Å². The minimum Gasteiger partial charge on any atom is -0.394 e. The molecule has 0 saturated carbocycles. The Bertz CT molecular complexity index is 544. The molecule has 0 fully saturated rings. The third-order valence-electron chi connectivity index (χ3n) is 2.62. The summed E-state index contributed by atoms with van der Waals surface area (Å²) in [7, 11) is 0. The molecule has 0 saturated heterocycles. The Labute approximate surface area is 94.1 Å². The van der Waals surface area contributed by atoms with E-state index in [9.17, 15) is 4.79 Å². The van der Waals surface area contributed by atoms with E-state index in [1.165, 1.54) is 0 Å². The standard InChI is InChI=1S/C13H14N2O/c1-10-7-8-15(13(16)12(10)14)9-11-5-3-2-4-6-11/h2-8H,9,14H2,1H3. The van der Waals surface area contributed by atoms with Crippen LogP contribution in [0.5, 0.6) is 0 Å². The lowest BCUT2D eigenvalue weighted by atomic mass is 10.2. The van der Waals surface area contributed by atoms with Gasteiger partial charge in [-0.2, -0.15) is 0 Å². The van der Waals surface area contributed by atoms with Gasteiger partial charge in [0.15, 0.2) is 0 Å². The van der Waals surface area contributed by atoms with E-state index in [0.29, 0.717) is 12.2 Å². The predicted molar refractivity (Wildman–Crippen MR) is 65.4 cm³/mol. The minimum atomic E-state index is -0.121. The molecule has 0 aliphatic carbocycles. The minimum absolute atomic E-state index is 0.121. The third-order valence-corrected chi connectivity index (χ3v) is 2.62. The zero-order valence-corrected chi connectivity index (χ0v) is 9.18. The molecular weight excluding hydrogens is 200 g/mol. The summed E-state index contributed by atoms with van der Waals surface area (Å²) in [6.07, 6.45) is 1.78. The molecule has 0 spiro atoms. The SMILES string of the molecule is Cc1ccn(Cc2ccccc2)c(=O)c1N. The van der Waals surface area contributed by atoms with Crippen molar-refractivity contribution in [3.8, 4) is 0 Å². The second-order valence-electron chi connectivity index (χ2n) is 3.83. The van der Waals surface area contributed by atoms with Crippen LogP contribution in [0, 0.1) is 6.92 Å². The summed E-state index contributed by atoms with van der Waals surface area (Å²) >= 11 is 0. The Kier molecular flexibility index (Phi) is 2.77. The molecular formula is C13H14N2O. The first-order valence-electron chi connectivity index (χ1n) is 5.18. The first kappa shape index (κ1) is 10.5. The van der Waals surface area contributed by atoms with Crippen molar-refractivity contribution < 1.29 is 0 Å². The summed E-state index contributed by atoms with van der Waals surface area (Å²) in [5, 5.41) is 0. The molecule has 2 aromatic rings. The fourth-order valence-corrected chi connectivity index (χ4v) is 1.59. The maximum absolute atomic E-state index is 11.8. The van der Waals surface area contributed by atoms with E-state index in [1.54, 1.807) is 10.8 Å². The molecule has 3 heteroatoms. The third kappa shape index (κ3) is 1.98. The van der Waals surface area contributed by atoms with Gasteiger partial charge in [0.2, 0.25) is 0 Å². The van der Waals surface area contributed by atoms with Crippen LogP contribution < -0.4 is 11.3 Å². The highest BCUT2D eigenvalue weighted by Gasteiger charge is 2.03. The molecule has 0 atom stereocenters. The molecule has 2 rings (SSSR count). The molecule has 0 unspecified atom stereocenters. The Balaban J connectivity index is 2.37. The van der Waals surface area contributed by atoms with Gasteiger partial charge in [-0.15, -0.1) is 0 Å². The lowest BCUT2D eigenvalue weighted by Gasteiger charge is -2.08. The molecule has 3 nitrogen and oxygen atoms in total. The monoisotopic (exact) mass is 214 g/mol. The number of hydrogen-bond donors (Lipinski definition) is 1. The van der Waals surface area contributed by atoms with Crippen molar-refractivity contribution in [1.29, 1.82) is 0 Å². The molecule has 0 bridgehead atoms. The van der Waals surface area contributed by atoms with Gasteiger partial charge in [-0.05, 0) is 24.1 Å². The lowest BCUT2D eigenvalue weighted by Crippen LogP contribution is -2.23. The molecule has 16 heavy (non-hydrogen) atoms. The van der Waals surface area contributed by atoms with Crippen molar-refractivity contribution >= 4 is 5.69 Å². The Morgan fingerprint density at radius 2 is 1.88 bits per heavy atom. The van der Waals surface area contributed by atoms with Crippen molar-refractivity contribution in [2.24, 2.45) is 0 Å². The number of aryl methyl sites for hydroxylation is 1. The number of aromatic nitrogens is 1. The number of hydrogen-bond acceptors (Lipinski definition) is 2. The van der Waals surface area contributed by atoms with Crippen LogP contribution in [0.25, 0.3) is 0 Å². The molecule has 0 aliphatic heterocycles. The maximum atomic E-state index is 11.8. The van der Waals surface area contributed by atoms with Gasteiger partial charge in [0, 0.05) is 6.20 Å². The van der Waals surface area contributed by atoms with Gasteiger partial charge in [0.1, 0.15) is 5.69 Å². The van der Waals surface area contributed by atoms with Gasteiger partial charge in [0.05, 0.1) is 6.54 Å². The zero-order valence-electron chi connectivity index (χ0n) is 9.18. The molecule has 1 heterocycles. The Hall–Kier alpha value is -2.03. The van der Waals surface area contributed by atoms with Crippen LogP contribution in [-0.2, 0) is 6.54 Å². The fourth-order valence-electron chi connectivity index (χ4n) is 1.59. The second-order valence-corrected chi connectivity index (χ2v) is 3.83. The summed E-state index contributed by atoms with van der Waals surface area (Å²) in [6, 6.07) is 11.7. The quantitative estimate of drug-likeness (QED) is 0.828. The lowest BCUT2D eigenvalue weighted by molar-refractivity contribution is 0.760. The van der Waals surface area contributed by atoms with E-state index in [4.69, 9.17) is 5.73 Å². The summed E-state index contributed by atoms with van der Waals surface area (Å²) in [5.74, 6) is 0. The summed E-state index contributed by atoms with van der Waals surface area (Å²) in [5.41, 5.74) is 7.83. The van der Waals surface area contributed by atoms with E-state index in [-0.39, 0.29) is 5.56 Å². The molecule has 0 amide bonds. The van der Waals surface area contributed by atoms with Crippen LogP contribution in [0.2, 0.25) is 0 Å². The highest BCUT2D eigenvalue weighted by molar-refractivity contribution is 5.43. The van der Waals surface area contributed by atoms with Crippen molar-refractivity contribution in [3.05, 3.63) is 64.1 Å². The summed E-state index contributed by atoms with van der Waals surface area (Å²) < 4.78 is 1.62. The van der Waals surface area contributed by atoms with Crippen LogP contribution >= 0.6 is 0 Å². The number of nitrogens with zero attached hydrogens (tertiary/aromatic N) is 1. The van der Waals surface area contributed by atoms with Crippen molar-refractivity contribution in [3.63, 3.8) is 0 Å². The highest BCUT2D eigenvalue weighted by Crippen LogP contribution is 2.05. The van der Waals surface area contributed by atoms with Gasteiger partial charge in [-0.1, -0.05) is 30.3 Å². The number of nitrogen functional groups attached to an aromatic ring is 1. The molecule has 1 aromatic carbocycles. The van der Waals surface area contributed by atoms with Crippen LogP contribution in [-0.4, -0.2) is 4.57 Å². The van der Waals surface area contributed by atoms with Crippen LogP contribution in [0.15, 0.2) is 47.4 Å². The first-order chi connectivity index (χ1) is 7.68. The molecule has 2 N–H and O–H groups in total. The number of benzene rings is 1. The maximum Gasteiger partial charge on any atom is 0.274 e. The van der Waals surface area contributed by atoms with Gasteiger partial charge in [-0.25, -0.2) is 0 Å². The van der Waals surface area contributed by atoms with E-state index in [1.807, 2.05) is 43.3 Å². The molecule has 0 radical (unpaired) electrons. The van der Waals surface area contributed by atoms with Gasteiger partial charge >= 0.3 is 0 Å². The number of rotatable bonds is 2. The highest BCUT2D eigenvalue weighted by atomic mass is 16.1. The zero-order chi connectivity index (χ0) is 11.5. The molecule has 0 aliphatic rings. The number of anilines is 1. The second kappa shape index (κ2) is 4.23.